The maximum absolute atomic E-state index is 9.66. The summed E-state index contributed by atoms with van der Waals surface area (Å²) in [6.07, 6.45) is 0.924. The van der Waals surface area contributed by atoms with E-state index in [0.717, 1.165) is 0 Å². The second kappa shape index (κ2) is 7.25. The normalized spacial score (nSPS) is 10.6. The lowest BCUT2D eigenvalue weighted by Crippen LogP contribution is -2.18. The minimum absolute atomic E-state index is 0.215. The van der Waals surface area contributed by atoms with E-state index in [2.05, 4.69) is 19.2 Å². The smallest absolute Gasteiger partial charge is 0.122 e. The molecular weight excluding hydrogens is 154 g/mol. The van der Waals surface area contributed by atoms with Gasteiger partial charge in [-0.1, -0.05) is 13.8 Å². The molecule has 0 fully saturated rings. The van der Waals surface area contributed by atoms with E-state index in [1.165, 1.54) is 0 Å². The predicted octanol–water partition coefficient (Wildman–Crippen LogP) is 0.960. The Hall–Kier alpha value is -0.410. The summed E-state index contributed by atoms with van der Waals surface area (Å²) in [4.78, 5) is 9.66. The predicted molar refractivity (Wildman–Crippen MR) is 51.2 cm³/mol. The summed E-state index contributed by atoms with van der Waals surface area (Å²) in [6.45, 7) is 7.42. The first-order valence-electron chi connectivity index (χ1n) is 4.16. The van der Waals surface area contributed by atoms with Gasteiger partial charge in [-0.05, 0) is 20.9 Å². The van der Waals surface area contributed by atoms with Crippen molar-refractivity contribution in [3.63, 3.8) is 0 Å². The third-order valence-electron chi connectivity index (χ3n) is 1.16. The van der Waals surface area contributed by atoms with Crippen LogP contribution < -0.4 is 5.32 Å². The van der Waals surface area contributed by atoms with Crippen LogP contribution in [0.25, 0.3) is 0 Å². The first-order chi connectivity index (χ1) is 5.33. The Labute approximate surface area is 75.2 Å². The van der Waals surface area contributed by atoms with Crippen molar-refractivity contribution < 1.29 is 9.90 Å². The number of aldehydes is 1. The zero-order valence-corrected chi connectivity index (χ0v) is 8.72. The monoisotopic (exact) mass is 175 g/mol. The average Bonchev–Trinajstić information content (AvgIpc) is 1.86. The maximum atomic E-state index is 9.66. The van der Waals surface area contributed by atoms with Crippen LogP contribution in [-0.2, 0) is 4.79 Å². The van der Waals surface area contributed by atoms with Gasteiger partial charge in [0.25, 0.3) is 0 Å². The van der Waals surface area contributed by atoms with E-state index in [1.54, 1.807) is 13.8 Å². The van der Waals surface area contributed by atoms with Crippen LogP contribution in [0.15, 0.2) is 0 Å². The van der Waals surface area contributed by atoms with Crippen molar-refractivity contribution in [1.29, 1.82) is 0 Å². The van der Waals surface area contributed by atoms with Gasteiger partial charge < -0.3 is 15.2 Å². The lowest BCUT2D eigenvalue weighted by molar-refractivity contribution is -0.111. The number of aliphatic hydroxyl groups is 1. The SMILES string of the molecule is CC(C)(O)CC=O.CNC(C)C. The molecule has 0 radical (unpaired) electrons. The minimum Gasteiger partial charge on any atom is -0.390 e. The maximum Gasteiger partial charge on any atom is 0.122 e. The van der Waals surface area contributed by atoms with Crippen LogP contribution in [0.3, 0.4) is 0 Å². The molecule has 0 heterocycles. The lowest BCUT2D eigenvalue weighted by atomic mass is 10.1. The Kier molecular flexibility index (Phi) is 8.54. The van der Waals surface area contributed by atoms with E-state index in [4.69, 9.17) is 5.11 Å². The second-order valence-corrected chi connectivity index (χ2v) is 3.63. The molecule has 0 aromatic rings. The molecule has 0 amide bonds. The van der Waals surface area contributed by atoms with Crippen LogP contribution in [0.1, 0.15) is 34.1 Å². The summed E-state index contributed by atoms with van der Waals surface area (Å²) in [6, 6.07) is 0.634. The lowest BCUT2D eigenvalue weighted by Gasteiger charge is -2.10. The highest BCUT2D eigenvalue weighted by Crippen LogP contribution is 2.02. The molecule has 0 aromatic heterocycles. The van der Waals surface area contributed by atoms with Crippen molar-refractivity contribution in [2.24, 2.45) is 0 Å². The van der Waals surface area contributed by atoms with Gasteiger partial charge in [0.15, 0.2) is 0 Å². The molecule has 0 rings (SSSR count). The molecule has 12 heavy (non-hydrogen) atoms. The van der Waals surface area contributed by atoms with E-state index in [9.17, 15) is 4.79 Å². The summed E-state index contributed by atoms with van der Waals surface area (Å²) in [5.41, 5.74) is -0.818. The Morgan fingerprint density at radius 3 is 1.83 bits per heavy atom. The van der Waals surface area contributed by atoms with Crippen LogP contribution in [0.2, 0.25) is 0 Å². The van der Waals surface area contributed by atoms with Crippen LogP contribution in [0, 0.1) is 0 Å². The molecule has 0 aromatic carbocycles. The van der Waals surface area contributed by atoms with Gasteiger partial charge in [-0.3, -0.25) is 0 Å². The summed E-state index contributed by atoms with van der Waals surface area (Å²) in [5.74, 6) is 0. The van der Waals surface area contributed by atoms with Crippen molar-refractivity contribution >= 4 is 6.29 Å². The molecule has 3 nitrogen and oxygen atoms in total. The Morgan fingerprint density at radius 2 is 1.83 bits per heavy atom. The topological polar surface area (TPSA) is 49.3 Å². The quantitative estimate of drug-likeness (QED) is 0.628. The number of rotatable bonds is 3. The molecular formula is C9H21NO2. The summed E-state index contributed by atoms with van der Waals surface area (Å²) >= 11 is 0. The highest BCUT2D eigenvalue weighted by atomic mass is 16.3. The summed E-state index contributed by atoms with van der Waals surface area (Å²) < 4.78 is 0. The van der Waals surface area contributed by atoms with Gasteiger partial charge in [-0.15, -0.1) is 0 Å². The standard InChI is InChI=1S/C5H10O2.C4H11N/c1-5(2,7)3-4-6;1-4(2)5-3/h4,7H,3H2,1-2H3;4-5H,1-3H3. The van der Waals surface area contributed by atoms with E-state index >= 15 is 0 Å². The zero-order chi connectivity index (χ0) is 10.2. The number of carbonyl (C=O) groups excluding carboxylic acids is 1. The third kappa shape index (κ3) is 22.6. The van der Waals surface area contributed by atoms with Crippen molar-refractivity contribution in [1.82, 2.24) is 5.32 Å². The second-order valence-electron chi connectivity index (χ2n) is 3.63. The molecule has 0 saturated carbocycles. The van der Waals surface area contributed by atoms with Crippen molar-refractivity contribution in [2.45, 2.75) is 45.8 Å². The molecule has 74 valence electrons. The average molecular weight is 175 g/mol. The Balaban J connectivity index is 0. The number of nitrogens with one attached hydrogen (secondary N) is 1. The van der Waals surface area contributed by atoms with Gasteiger partial charge in [0.2, 0.25) is 0 Å². The molecule has 0 saturated heterocycles. The molecule has 0 aliphatic carbocycles. The van der Waals surface area contributed by atoms with Gasteiger partial charge in [0.1, 0.15) is 6.29 Å². The van der Waals surface area contributed by atoms with E-state index in [0.29, 0.717) is 12.3 Å². The number of hydrogen-bond donors (Lipinski definition) is 2. The van der Waals surface area contributed by atoms with Gasteiger partial charge in [-0.25, -0.2) is 0 Å². The van der Waals surface area contributed by atoms with Crippen LogP contribution in [0.4, 0.5) is 0 Å². The van der Waals surface area contributed by atoms with E-state index in [-0.39, 0.29) is 6.42 Å². The molecule has 0 atom stereocenters. The molecule has 2 N–H and O–H groups in total. The highest BCUT2D eigenvalue weighted by molar-refractivity contribution is 5.50. The first-order valence-corrected chi connectivity index (χ1v) is 4.16. The van der Waals surface area contributed by atoms with E-state index < -0.39 is 5.60 Å². The fourth-order valence-electron chi connectivity index (χ4n) is 0.204. The summed E-state index contributed by atoms with van der Waals surface area (Å²) in [5, 5.41) is 11.8. The van der Waals surface area contributed by atoms with Gasteiger partial charge in [0, 0.05) is 12.5 Å². The van der Waals surface area contributed by atoms with Crippen molar-refractivity contribution in [2.75, 3.05) is 7.05 Å². The Bertz CT molecular complexity index is 106. The fraction of sp³-hybridized carbons (Fsp3) is 0.889. The third-order valence-corrected chi connectivity index (χ3v) is 1.16. The zero-order valence-electron chi connectivity index (χ0n) is 8.72. The van der Waals surface area contributed by atoms with Crippen molar-refractivity contribution in [3.05, 3.63) is 0 Å². The molecule has 0 bridgehead atoms. The van der Waals surface area contributed by atoms with Gasteiger partial charge >= 0.3 is 0 Å². The Morgan fingerprint density at radius 1 is 1.50 bits per heavy atom. The molecule has 0 aliphatic heterocycles. The number of carbonyl (C=O) groups is 1. The van der Waals surface area contributed by atoms with Crippen LogP contribution in [0.5, 0.6) is 0 Å². The molecule has 0 unspecified atom stereocenters. The van der Waals surface area contributed by atoms with Crippen LogP contribution >= 0.6 is 0 Å². The number of hydrogen-bond acceptors (Lipinski definition) is 3. The molecule has 0 aliphatic rings. The highest BCUT2D eigenvalue weighted by Gasteiger charge is 2.09. The van der Waals surface area contributed by atoms with Gasteiger partial charge in [0.05, 0.1) is 5.60 Å². The largest absolute Gasteiger partial charge is 0.390 e. The summed E-state index contributed by atoms with van der Waals surface area (Å²) in [7, 11) is 1.95. The minimum atomic E-state index is -0.818. The van der Waals surface area contributed by atoms with Gasteiger partial charge in [-0.2, -0.15) is 0 Å². The van der Waals surface area contributed by atoms with Crippen molar-refractivity contribution in [3.8, 4) is 0 Å². The molecule has 3 heteroatoms. The van der Waals surface area contributed by atoms with E-state index in [1.807, 2.05) is 7.05 Å². The molecule has 0 spiro atoms. The van der Waals surface area contributed by atoms with Crippen LogP contribution in [-0.4, -0.2) is 30.1 Å². The first kappa shape index (κ1) is 14.1. The fourth-order valence-corrected chi connectivity index (χ4v) is 0.204.